The number of carbonyl (C=O) groups excluding carboxylic acids is 4. The van der Waals surface area contributed by atoms with Crippen LogP contribution in [0.25, 0.3) is 0 Å². The fourth-order valence-corrected chi connectivity index (χ4v) is 4.30. The summed E-state index contributed by atoms with van der Waals surface area (Å²) < 4.78 is 2.05. The smallest absolute Gasteiger partial charge is 0.243 e. The number of nitrogens with one attached hydrogen (secondary N) is 2. The number of hydrogen-bond donors (Lipinski definition) is 2. The topological polar surface area (TPSA) is 98.6 Å². The number of hydrogen-bond acceptors (Lipinski definition) is 5. The third kappa shape index (κ3) is 6.91. The SMILES string of the molecule is C=CC(=O)NCCCN(C)c1ccc(C2C(=O)C(=C3C=CC(=[N+](C)CCCNC(=O)C=C)C=C3)C2=O)cc1. The molecule has 1 saturated carbocycles. The van der Waals surface area contributed by atoms with Crippen molar-refractivity contribution in [2.24, 2.45) is 0 Å². The highest BCUT2D eigenvalue weighted by Gasteiger charge is 2.46. The van der Waals surface area contributed by atoms with E-state index in [1.54, 1.807) is 0 Å². The first kappa shape index (κ1) is 28.2. The Morgan fingerprint density at radius 2 is 1.47 bits per heavy atom. The molecule has 38 heavy (non-hydrogen) atoms. The van der Waals surface area contributed by atoms with Gasteiger partial charge in [-0.3, -0.25) is 19.2 Å². The lowest BCUT2D eigenvalue weighted by molar-refractivity contribution is -0.495. The van der Waals surface area contributed by atoms with Crippen LogP contribution in [-0.4, -0.2) is 73.9 Å². The molecule has 2 N–H and O–H groups in total. The lowest BCUT2D eigenvalue weighted by Gasteiger charge is -2.28. The summed E-state index contributed by atoms with van der Waals surface area (Å²) in [5.74, 6) is -1.45. The van der Waals surface area contributed by atoms with E-state index < -0.39 is 5.92 Å². The third-order valence-corrected chi connectivity index (χ3v) is 6.59. The summed E-state index contributed by atoms with van der Waals surface area (Å²) in [5.41, 5.74) is 3.50. The van der Waals surface area contributed by atoms with Gasteiger partial charge in [-0.2, -0.15) is 0 Å². The molecule has 0 bridgehead atoms. The molecule has 2 aliphatic carbocycles. The minimum atomic E-state index is -0.758. The van der Waals surface area contributed by atoms with Crippen LogP contribution in [0.4, 0.5) is 5.69 Å². The number of anilines is 1. The Hall–Kier alpha value is -4.33. The van der Waals surface area contributed by atoms with Crippen LogP contribution in [0, 0.1) is 0 Å². The summed E-state index contributed by atoms with van der Waals surface area (Å²) in [5, 5.41) is 5.50. The van der Waals surface area contributed by atoms with Crippen molar-refractivity contribution in [3.05, 3.63) is 90.6 Å². The zero-order valence-electron chi connectivity index (χ0n) is 22.0. The van der Waals surface area contributed by atoms with E-state index >= 15 is 0 Å². The standard InChI is InChI=1S/C30H34N4O4/c1-5-25(35)31-17-7-19-33(3)23-13-9-21(10-14-23)27-29(37)28(30(27)38)22-11-15-24(16-12-22)34(4)20-8-18-32-26(36)6-2/h5-6,9-16,27H,1-2,7-8,17-20H2,3-4H3,(H-,31,32,35,36)/p+1. The van der Waals surface area contributed by atoms with Crippen LogP contribution in [0.5, 0.6) is 0 Å². The van der Waals surface area contributed by atoms with Crippen LogP contribution in [0.1, 0.15) is 24.3 Å². The van der Waals surface area contributed by atoms with Gasteiger partial charge in [-0.1, -0.05) is 25.3 Å². The first-order valence-electron chi connectivity index (χ1n) is 12.7. The quantitative estimate of drug-likeness (QED) is 0.146. The second-order valence-corrected chi connectivity index (χ2v) is 9.22. The van der Waals surface area contributed by atoms with Gasteiger partial charge in [0.05, 0.1) is 5.57 Å². The van der Waals surface area contributed by atoms with Crippen molar-refractivity contribution in [1.82, 2.24) is 10.6 Å². The molecule has 0 saturated heterocycles. The van der Waals surface area contributed by atoms with Gasteiger partial charge >= 0.3 is 0 Å². The first-order valence-corrected chi connectivity index (χ1v) is 12.7. The molecule has 0 aromatic heterocycles. The molecule has 1 aromatic carbocycles. The van der Waals surface area contributed by atoms with E-state index in [1.165, 1.54) is 12.2 Å². The number of allylic oxidation sites excluding steroid dienone is 6. The Labute approximate surface area is 223 Å². The van der Waals surface area contributed by atoms with Crippen LogP contribution in [0.2, 0.25) is 0 Å². The third-order valence-electron chi connectivity index (χ3n) is 6.59. The van der Waals surface area contributed by atoms with Gasteiger partial charge in [-0.05, 0) is 54.0 Å². The Morgan fingerprint density at radius 3 is 2.03 bits per heavy atom. The molecule has 3 rings (SSSR count). The number of Topliss-reactive ketones (excluding diaryl/α,β-unsaturated/α-hetero) is 2. The summed E-state index contributed by atoms with van der Waals surface area (Å²) in [6.45, 7) is 9.46. The molecule has 2 amide bonds. The highest BCUT2D eigenvalue weighted by molar-refractivity contribution is 6.42. The second kappa shape index (κ2) is 13.3. The van der Waals surface area contributed by atoms with E-state index in [2.05, 4.69) is 33.3 Å². The van der Waals surface area contributed by atoms with Crippen molar-refractivity contribution in [2.45, 2.75) is 18.8 Å². The maximum Gasteiger partial charge on any atom is 0.243 e. The Balaban J connectivity index is 1.56. The first-order chi connectivity index (χ1) is 18.3. The summed E-state index contributed by atoms with van der Waals surface area (Å²) in [4.78, 5) is 50.4. The molecule has 1 fully saturated rings. The van der Waals surface area contributed by atoms with Crippen molar-refractivity contribution in [3.63, 3.8) is 0 Å². The molecule has 8 heteroatoms. The number of benzene rings is 1. The maximum absolute atomic E-state index is 13.0. The summed E-state index contributed by atoms with van der Waals surface area (Å²) >= 11 is 0. The van der Waals surface area contributed by atoms with Crippen molar-refractivity contribution >= 4 is 34.8 Å². The molecule has 0 aliphatic heterocycles. The molecule has 0 heterocycles. The molecule has 8 nitrogen and oxygen atoms in total. The van der Waals surface area contributed by atoms with Gasteiger partial charge in [0.1, 0.15) is 19.5 Å². The van der Waals surface area contributed by atoms with Crippen LogP contribution in [0.3, 0.4) is 0 Å². The summed E-state index contributed by atoms with van der Waals surface area (Å²) in [7, 11) is 3.91. The van der Waals surface area contributed by atoms with Gasteiger partial charge in [-0.15, -0.1) is 0 Å². The highest BCUT2D eigenvalue weighted by atomic mass is 16.2. The molecule has 0 unspecified atom stereocenters. The Kier molecular flexibility index (Phi) is 9.87. The number of ketones is 2. The number of rotatable bonds is 12. The van der Waals surface area contributed by atoms with Gasteiger partial charge in [0.15, 0.2) is 17.3 Å². The largest absolute Gasteiger partial charge is 0.375 e. The van der Waals surface area contributed by atoms with E-state index in [9.17, 15) is 19.2 Å². The lowest BCUT2D eigenvalue weighted by Crippen LogP contribution is -2.39. The fraction of sp³-hybridized carbons (Fsp3) is 0.300. The van der Waals surface area contributed by atoms with Crippen LogP contribution in [-0.2, 0) is 19.2 Å². The van der Waals surface area contributed by atoms with Crippen LogP contribution in [0.15, 0.2) is 85.0 Å². The van der Waals surface area contributed by atoms with Crippen molar-refractivity contribution in [1.29, 1.82) is 0 Å². The van der Waals surface area contributed by atoms with Gasteiger partial charge in [0, 0.05) is 50.9 Å². The predicted molar refractivity (Wildman–Crippen MR) is 149 cm³/mol. The van der Waals surface area contributed by atoms with E-state index in [0.29, 0.717) is 24.2 Å². The van der Waals surface area contributed by atoms with Gasteiger partial charge in [0.2, 0.25) is 11.8 Å². The number of amides is 2. The molecular weight excluding hydrogens is 480 g/mol. The lowest BCUT2D eigenvalue weighted by atomic mass is 9.70. The Morgan fingerprint density at radius 1 is 0.921 bits per heavy atom. The van der Waals surface area contributed by atoms with E-state index in [4.69, 9.17) is 0 Å². The van der Waals surface area contributed by atoms with Crippen LogP contribution >= 0.6 is 0 Å². The van der Waals surface area contributed by atoms with Gasteiger partial charge in [-0.25, -0.2) is 4.58 Å². The van der Waals surface area contributed by atoms with Crippen molar-refractivity contribution in [2.75, 3.05) is 45.2 Å². The average molecular weight is 516 g/mol. The molecule has 1 aromatic rings. The molecule has 198 valence electrons. The molecule has 0 radical (unpaired) electrons. The average Bonchev–Trinajstić information content (AvgIpc) is 2.93. The molecule has 2 aliphatic rings. The molecule has 0 atom stereocenters. The second-order valence-electron chi connectivity index (χ2n) is 9.22. The van der Waals surface area contributed by atoms with Gasteiger partial charge < -0.3 is 15.5 Å². The predicted octanol–water partition coefficient (Wildman–Crippen LogP) is 2.25. The fourth-order valence-electron chi connectivity index (χ4n) is 4.30. The number of nitrogens with zero attached hydrogens (tertiary/aromatic N) is 2. The zero-order chi connectivity index (χ0) is 27.7. The van der Waals surface area contributed by atoms with Gasteiger partial charge in [0.25, 0.3) is 0 Å². The normalized spacial score (nSPS) is 16.2. The van der Waals surface area contributed by atoms with Crippen LogP contribution < -0.4 is 15.5 Å². The minimum absolute atomic E-state index is 0.159. The van der Waals surface area contributed by atoms with E-state index in [1.807, 2.05) is 62.7 Å². The zero-order valence-corrected chi connectivity index (χ0v) is 22.0. The monoisotopic (exact) mass is 515 g/mol. The van der Waals surface area contributed by atoms with E-state index in [0.717, 1.165) is 37.3 Å². The van der Waals surface area contributed by atoms with Crippen molar-refractivity contribution in [3.8, 4) is 0 Å². The van der Waals surface area contributed by atoms with E-state index in [-0.39, 0.29) is 29.0 Å². The minimum Gasteiger partial charge on any atom is -0.375 e. The maximum atomic E-state index is 13.0. The van der Waals surface area contributed by atoms with Crippen molar-refractivity contribution < 1.29 is 23.8 Å². The number of carbonyl (C=O) groups is 4. The molecular formula is C30H35N4O4+. The highest BCUT2D eigenvalue weighted by Crippen LogP contribution is 2.37. The Bertz CT molecular complexity index is 1220. The molecule has 0 spiro atoms. The summed E-state index contributed by atoms with van der Waals surface area (Å²) in [6.07, 6.45) is 11.5. The summed E-state index contributed by atoms with van der Waals surface area (Å²) in [6, 6.07) is 7.48.